The molecule has 76 valence electrons. The molecule has 5 nitrogen and oxygen atoms in total. The van der Waals surface area contributed by atoms with Crippen molar-refractivity contribution in [1.82, 2.24) is 9.97 Å². The molecule has 0 radical (unpaired) electrons. The Bertz CT molecular complexity index is 394. The van der Waals surface area contributed by atoms with Gasteiger partial charge in [0.15, 0.2) is 0 Å². The third-order valence-corrected chi connectivity index (χ3v) is 2.42. The van der Waals surface area contributed by atoms with Crippen LogP contribution in [0.5, 0.6) is 0 Å². The van der Waals surface area contributed by atoms with Crippen molar-refractivity contribution >= 4 is 5.95 Å². The Kier molecular flexibility index (Phi) is 2.25. The van der Waals surface area contributed by atoms with Gasteiger partial charge in [-0.25, -0.2) is 4.98 Å². The second-order valence-corrected chi connectivity index (χ2v) is 3.63. The van der Waals surface area contributed by atoms with Gasteiger partial charge in [-0.2, -0.15) is 0 Å². The fourth-order valence-electron chi connectivity index (χ4n) is 1.61. The van der Waals surface area contributed by atoms with E-state index in [1.807, 2.05) is 0 Å². The van der Waals surface area contributed by atoms with E-state index >= 15 is 0 Å². The van der Waals surface area contributed by atoms with Gasteiger partial charge in [-0.05, 0) is 25.8 Å². The number of nitrogens with one attached hydrogen (secondary N) is 1. The van der Waals surface area contributed by atoms with Crippen LogP contribution in [0.1, 0.15) is 30.0 Å². The van der Waals surface area contributed by atoms with Gasteiger partial charge in [-0.3, -0.25) is 9.78 Å². The van der Waals surface area contributed by atoms with E-state index in [9.17, 15) is 4.79 Å². The Balaban J connectivity index is 2.47. The van der Waals surface area contributed by atoms with Gasteiger partial charge in [0, 0.05) is 11.5 Å². The van der Waals surface area contributed by atoms with E-state index in [2.05, 4.69) is 9.97 Å². The zero-order valence-electron chi connectivity index (χ0n) is 7.92. The van der Waals surface area contributed by atoms with Crippen molar-refractivity contribution in [3.8, 4) is 0 Å². The Morgan fingerprint density at radius 2 is 2.21 bits per heavy atom. The van der Waals surface area contributed by atoms with Crippen LogP contribution in [-0.4, -0.2) is 16.5 Å². The average Bonchev–Trinajstić information content (AvgIpc) is 2.92. The summed E-state index contributed by atoms with van der Waals surface area (Å²) in [4.78, 5) is 18.2. The molecular formula is C9H14N4O. The molecule has 0 atom stereocenters. The summed E-state index contributed by atoms with van der Waals surface area (Å²) in [5.41, 5.74) is 12.4. The number of hydrogen-bond acceptors (Lipinski definition) is 4. The molecule has 0 bridgehead atoms. The van der Waals surface area contributed by atoms with E-state index in [-0.39, 0.29) is 11.5 Å². The first-order valence-electron chi connectivity index (χ1n) is 4.81. The van der Waals surface area contributed by atoms with Crippen LogP contribution in [0.2, 0.25) is 0 Å². The van der Waals surface area contributed by atoms with E-state index in [0.29, 0.717) is 24.4 Å². The number of aromatic amines is 1. The maximum atomic E-state index is 11.6. The van der Waals surface area contributed by atoms with Crippen molar-refractivity contribution in [3.63, 3.8) is 0 Å². The van der Waals surface area contributed by atoms with E-state index in [1.54, 1.807) is 0 Å². The topological polar surface area (TPSA) is 97.8 Å². The molecule has 0 aliphatic heterocycles. The second kappa shape index (κ2) is 3.42. The predicted octanol–water partition coefficient (Wildman–Crippen LogP) is -0.269. The number of nitrogens with two attached hydrogens (primary N) is 2. The number of hydrogen-bond donors (Lipinski definition) is 3. The highest BCUT2D eigenvalue weighted by molar-refractivity contribution is 5.30. The van der Waals surface area contributed by atoms with E-state index in [4.69, 9.17) is 11.5 Å². The van der Waals surface area contributed by atoms with Gasteiger partial charge in [-0.1, -0.05) is 0 Å². The molecular weight excluding hydrogens is 180 g/mol. The highest BCUT2D eigenvalue weighted by Crippen LogP contribution is 2.40. The number of nitrogens with zero attached hydrogens (tertiary/aromatic N) is 1. The van der Waals surface area contributed by atoms with Crippen molar-refractivity contribution in [3.05, 3.63) is 21.6 Å². The van der Waals surface area contributed by atoms with Gasteiger partial charge >= 0.3 is 0 Å². The van der Waals surface area contributed by atoms with Crippen molar-refractivity contribution in [2.75, 3.05) is 12.3 Å². The molecule has 0 spiro atoms. The first kappa shape index (κ1) is 9.21. The summed E-state index contributed by atoms with van der Waals surface area (Å²) in [6.07, 6.45) is 2.79. The number of rotatable bonds is 3. The Morgan fingerprint density at radius 1 is 1.50 bits per heavy atom. The van der Waals surface area contributed by atoms with Crippen LogP contribution in [0.15, 0.2) is 4.79 Å². The fourth-order valence-corrected chi connectivity index (χ4v) is 1.61. The molecule has 1 heterocycles. The lowest BCUT2D eigenvalue weighted by molar-refractivity contribution is 0.867. The highest BCUT2D eigenvalue weighted by atomic mass is 16.1. The highest BCUT2D eigenvalue weighted by Gasteiger charge is 2.28. The van der Waals surface area contributed by atoms with Gasteiger partial charge in [0.2, 0.25) is 5.95 Å². The zero-order valence-corrected chi connectivity index (χ0v) is 7.92. The summed E-state index contributed by atoms with van der Waals surface area (Å²) in [6.45, 7) is 0.467. The molecule has 1 saturated carbocycles. The van der Waals surface area contributed by atoms with Crippen molar-refractivity contribution in [1.29, 1.82) is 0 Å². The van der Waals surface area contributed by atoms with Crippen LogP contribution in [0.3, 0.4) is 0 Å². The van der Waals surface area contributed by atoms with Gasteiger partial charge in [0.05, 0.1) is 5.69 Å². The zero-order chi connectivity index (χ0) is 10.1. The van der Waals surface area contributed by atoms with Crippen molar-refractivity contribution in [2.45, 2.75) is 25.2 Å². The van der Waals surface area contributed by atoms with Crippen LogP contribution in [0.25, 0.3) is 0 Å². The average molecular weight is 194 g/mol. The third kappa shape index (κ3) is 1.63. The molecule has 0 saturated heterocycles. The van der Waals surface area contributed by atoms with E-state index in [0.717, 1.165) is 18.5 Å². The maximum absolute atomic E-state index is 11.6. The lowest BCUT2D eigenvalue weighted by Crippen LogP contribution is -2.22. The standard InChI is InChI=1S/C9H14N4O/c10-4-3-6-7(5-1-2-5)12-9(11)13-8(6)14/h5H,1-4,10H2,(H3,11,12,13,14). The smallest absolute Gasteiger partial charge is 0.255 e. The lowest BCUT2D eigenvalue weighted by atomic mass is 10.1. The molecule has 2 rings (SSSR count). The first-order valence-corrected chi connectivity index (χ1v) is 4.81. The minimum Gasteiger partial charge on any atom is -0.369 e. The van der Waals surface area contributed by atoms with Crippen LogP contribution in [0, 0.1) is 0 Å². The van der Waals surface area contributed by atoms with Gasteiger partial charge in [0.25, 0.3) is 5.56 Å². The Morgan fingerprint density at radius 3 is 2.79 bits per heavy atom. The van der Waals surface area contributed by atoms with Crippen molar-refractivity contribution < 1.29 is 0 Å². The van der Waals surface area contributed by atoms with Crippen LogP contribution >= 0.6 is 0 Å². The van der Waals surface area contributed by atoms with Crippen molar-refractivity contribution in [2.24, 2.45) is 5.73 Å². The first-order chi connectivity index (χ1) is 6.72. The molecule has 14 heavy (non-hydrogen) atoms. The number of aromatic nitrogens is 2. The van der Waals surface area contributed by atoms with Crippen LogP contribution in [0.4, 0.5) is 5.95 Å². The largest absolute Gasteiger partial charge is 0.369 e. The maximum Gasteiger partial charge on any atom is 0.255 e. The molecule has 1 aliphatic rings. The molecule has 1 aliphatic carbocycles. The molecule has 5 heteroatoms. The van der Waals surface area contributed by atoms with Gasteiger partial charge in [-0.15, -0.1) is 0 Å². The number of H-pyrrole nitrogens is 1. The minimum absolute atomic E-state index is 0.134. The monoisotopic (exact) mass is 194 g/mol. The summed E-state index contributed by atoms with van der Waals surface area (Å²) in [7, 11) is 0. The summed E-state index contributed by atoms with van der Waals surface area (Å²) in [5.74, 6) is 0.638. The molecule has 5 N–H and O–H groups in total. The molecule has 0 amide bonds. The molecule has 1 aromatic heterocycles. The second-order valence-electron chi connectivity index (χ2n) is 3.63. The minimum atomic E-state index is -0.134. The van der Waals surface area contributed by atoms with Gasteiger partial charge < -0.3 is 11.5 Å². The van der Waals surface area contributed by atoms with Crippen LogP contribution < -0.4 is 17.0 Å². The molecule has 1 aromatic rings. The quantitative estimate of drug-likeness (QED) is 0.617. The SMILES string of the molecule is NCCc1c(C2CC2)nc(N)[nH]c1=O. The number of anilines is 1. The Labute approximate surface area is 81.5 Å². The lowest BCUT2D eigenvalue weighted by Gasteiger charge is -2.05. The summed E-state index contributed by atoms with van der Waals surface area (Å²) in [6, 6.07) is 0. The molecule has 0 aromatic carbocycles. The normalized spacial score (nSPS) is 15.8. The van der Waals surface area contributed by atoms with Gasteiger partial charge in [0.1, 0.15) is 0 Å². The number of nitrogen functional groups attached to an aromatic ring is 1. The van der Waals surface area contributed by atoms with E-state index < -0.39 is 0 Å². The molecule has 1 fully saturated rings. The van der Waals surface area contributed by atoms with E-state index in [1.165, 1.54) is 0 Å². The Hall–Kier alpha value is -1.36. The predicted molar refractivity (Wildman–Crippen MR) is 54.0 cm³/mol. The summed E-state index contributed by atoms with van der Waals surface area (Å²) < 4.78 is 0. The third-order valence-electron chi connectivity index (χ3n) is 2.42. The summed E-state index contributed by atoms with van der Waals surface area (Å²) >= 11 is 0. The molecule has 0 unspecified atom stereocenters. The fraction of sp³-hybridized carbons (Fsp3) is 0.556. The van der Waals surface area contributed by atoms with Crippen LogP contribution in [-0.2, 0) is 6.42 Å². The summed E-state index contributed by atoms with van der Waals surface area (Å²) in [5, 5.41) is 0.